The number of hydrogen-bond acceptors (Lipinski definition) is 4. The van der Waals surface area contributed by atoms with Crippen molar-refractivity contribution in [2.24, 2.45) is 0 Å². The molecular weight excluding hydrogens is 204 g/mol. The number of amides is 2. The van der Waals surface area contributed by atoms with Crippen molar-refractivity contribution in [2.45, 2.75) is 19.9 Å². The first-order valence-electron chi connectivity index (χ1n) is 4.12. The molecule has 0 aromatic carbocycles. The van der Waals surface area contributed by atoms with Gasteiger partial charge in [-0.1, -0.05) is 0 Å². The lowest BCUT2D eigenvalue weighted by Gasteiger charge is -2.14. The van der Waals surface area contributed by atoms with Gasteiger partial charge in [-0.05, 0) is 6.92 Å². The maximum absolute atomic E-state index is 11.3. The fraction of sp³-hybridized carbons (Fsp3) is 0.625. The highest BCUT2D eigenvalue weighted by molar-refractivity contribution is 7.80. The molecule has 5 nitrogen and oxygen atoms in total. The number of thiol groups is 1. The second-order valence-electron chi connectivity index (χ2n) is 2.86. The highest BCUT2D eigenvalue weighted by Gasteiger charge is 2.17. The zero-order valence-electron chi connectivity index (χ0n) is 8.16. The van der Waals surface area contributed by atoms with Gasteiger partial charge in [0.2, 0.25) is 11.8 Å². The fourth-order valence-corrected chi connectivity index (χ4v) is 1.03. The largest absolute Gasteiger partial charge is 0.347 e. The molecule has 80 valence electrons. The van der Waals surface area contributed by atoms with Gasteiger partial charge >= 0.3 is 0 Å². The molecule has 0 aliphatic rings. The second kappa shape index (κ2) is 6.42. The monoisotopic (exact) mass is 218 g/mol. The molecule has 0 fully saturated rings. The molecule has 0 bridgehead atoms. The molecule has 1 atom stereocenters. The van der Waals surface area contributed by atoms with Crippen LogP contribution in [0, 0.1) is 0 Å². The number of nitrogens with one attached hydrogen (secondary N) is 2. The van der Waals surface area contributed by atoms with Crippen LogP contribution in [0.25, 0.3) is 0 Å². The highest BCUT2D eigenvalue weighted by atomic mass is 32.1. The first-order valence-corrected chi connectivity index (χ1v) is 4.75. The van der Waals surface area contributed by atoms with Crippen LogP contribution in [0.2, 0.25) is 0 Å². The Bertz CT molecular complexity index is 243. The van der Waals surface area contributed by atoms with Gasteiger partial charge in [0.25, 0.3) is 0 Å². The Balaban J connectivity index is 4.04. The van der Waals surface area contributed by atoms with Gasteiger partial charge in [-0.25, -0.2) is 0 Å². The van der Waals surface area contributed by atoms with E-state index < -0.39 is 11.9 Å². The van der Waals surface area contributed by atoms with Gasteiger partial charge in [0, 0.05) is 12.7 Å². The lowest BCUT2D eigenvalue weighted by Crippen LogP contribution is -2.48. The number of carbonyl (C=O) groups excluding carboxylic acids is 3. The summed E-state index contributed by atoms with van der Waals surface area (Å²) < 4.78 is 0. The third-order valence-corrected chi connectivity index (χ3v) is 1.75. The van der Waals surface area contributed by atoms with E-state index >= 15 is 0 Å². The van der Waals surface area contributed by atoms with E-state index in [1.165, 1.54) is 13.8 Å². The Kier molecular flexibility index (Phi) is 5.94. The maximum Gasteiger partial charge on any atom is 0.243 e. The summed E-state index contributed by atoms with van der Waals surface area (Å²) in [7, 11) is 0. The summed E-state index contributed by atoms with van der Waals surface area (Å²) in [6.07, 6.45) is 0. The quantitative estimate of drug-likeness (QED) is 0.525. The van der Waals surface area contributed by atoms with Crippen LogP contribution in [0.1, 0.15) is 13.8 Å². The van der Waals surface area contributed by atoms with Crippen LogP contribution >= 0.6 is 12.6 Å². The van der Waals surface area contributed by atoms with E-state index in [4.69, 9.17) is 0 Å². The highest BCUT2D eigenvalue weighted by Crippen LogP contribution is 1.88. The summed E-state index contributed by atoms with van der Waals surface area (Å²) in [4.78, 5) is 32.5. The third kappa shape index (κ3) is 5.58. The average Bonchev–Trinajstić information content (AvgIpc) is 2.09. The number of Topliss-reactive ketones (excluding diaryl/α,β-unsaturated/α-hetero) is 1. The molecule has 0 saturated carbocycles. The second-order valence-corrected chi connectivity index (χ2v) is 3.22. The molecule has 0 aliphatic carbocycles. The molecular formula is C8H14N2O3S. The molecule has 0 aromatic heterocycles. The van der Waals surface area contributed by atoms with Gasteiger partial charge in [-0.2, -0.15) is 12.6 Å². The molecule has 2 amide bonds. The summed E-state index contributed by atoms with van der Waals surface area (Å²) in [5.41, 5.74) is 0. The minimum atomic E-state index is -0.685. The summed E-state index contributed by atoms with van der Waals surface area (Å²) >= 11 is 3.91. The van der Waals surface area contributed by atoms with Crippen molar-refractivity contribution in [2.75, 3.05) is 12.3 Å². The maximum atomic E-state index is 11.3. The van der Waals surface area contributed by atoms with E-state index in [9.17, 15) is 14.4 Å². The Hall–Kier alpha value is -1.04. The predicted octanol–water partition coefficient (Wildman–Crippen LogP) is -0.874. The molecule has 0 aromatic rings. The SMILES string of the molecule is CC(=O)CNC(=O)C(CS)NC(C)=O. The molecule has 0 heterocycles. The zero-order valence-corrected chi connectivity index (χ0v) is 9.06. The van der Waals surface area contributed by atoms with Crippen LogP contribution < -0.4 is 10.6 Å². The van der Waals surface area contributed by atoms with E-state index in [-0.39, 0.29) is 24.0 Å². The third-order valence-electron chi connectivity index (χ3n) is 1.39. The van der Waals surface area contributed by atoms with Gasteiger partial charge in [0.15, 0.2) is 0 Å². The Morgan fingerprint density at radius 2 is 1.86 bits per heavy atom. The molecule has 0 spiro atoms. The number of rotatable bonds is 5. The van der Waals surface area contributed by atoms with Crippen LogP contribution in [0.4, 0.5) is 0 Å². The minimum absolute atomic E-state index is 0.0251. The lowest BCUT2D eigenvalue weighted by molar-refractivity contribution is -0.128. The molecule has 1 unspecified atom stereocenters. The lowest BCUT2D eigenvalue weighted by atomic mass is 10.3. The topological polar surface area (TPSA) is 75.3 Å². The van der Waals surface area contributed by atoms with Crippen molar-refractivity contribution in [1.82, 2.24) is 10.6 Å². The van der Waals surface area contributed by atoms with Gasteiger partial charge in [0.05, 0.1) is 6.54 Å². The van der Waals surface area contributed by atoms with E-state index in [2.05, 4.69) is 23.3 Å². The van der Waals surface area contributed by atoms with Gasteiger partial charge in [0.1, 0.15) is 11.8 Å². The molecule has 0 rings (SSSR count). The zero-order chi connectivity index (χ0) is 11.1. The standard InChI is InChI=1S/C8H14N2O3S/c1-5(11)3-9-8(13)7(4-14)10-6(2)12/h7,14H,3-4H2,1-2H3,(H,9,13)(H,10,12). The van der Waals surface area contributed by atoms with E-state index in [0.717, 1.165) is 0 Å². The van der Waals surface area contributed by atoms with Crippen LogP contribution in [0.5, 0.6) is 0 Å². The van der Waals surface area contributed by atoms with Gasteiger partial charge < -0.3 is 10.6 Å². The summed E-state index contributed by atoms with van der Waals surface area (Å²) in [6, 6.07) is -0.685. The molecule has 0 radical (unpaired) electrons. The number of carbonyl (C=O) groups is 3. The smallest absolute Gasteiger partial charge is 0.243 e. The number of ketones is 1. The van der Waals surface area contributed by atoms with E-state index in [0.29, 0.717) is 0 Å². The van der Waals surface area contributed by atoms with Gasteiger partial charge in [-0.3, -0.25) is 14.4 Å². The van der Waals surface area contributed by atoms with E-state index in [1.54, 1.807) is 0 Å². The first-order chi connectivity index (χ1) is 6.47. The molecule has 0 saturated heterocycles. The van der Waals surface area contributed by atoms with Crippen LogP contribution in [0.3, 0.4) is 0 Å². The van der Waals surface area contributed by atoms with Gasteiger partial charge in [-0.15, -0.1) is 0 Å². The summed E-state index contributed by atoms with van der Waals surface area (Å²) in [6.45, 7) is 2.66. The summed E-state index contributed by atoms with van der Waals surface area (Å²) in [5, 5.41) is 4.80. The van der Waals surface area contributed by atoms with Crippen LogP contribution in [-0.4, -0.2) is 35.9 Å². The minimum Gasteiger partial charge on any atom is -0.347 e. The Morgan fingerprint density at radius 3 is 2.21 bits per heavy atom. The predicted molar refractivity (Wildman–Crippen MR) is 55.1 cm³/mol. The van der Waals surface area contributed by atoms with Crippen molar-refractivity contribution in [3.63, 3.8) is 0 Å². The fourth-order valence-electron chi connectivity index (χ4n) is 0.774. The van der Waals surface area contributed by atoms with Crippen molar-refractivity contribution in [3.05, 3.63) is 0 Å². The van der Waals surface area contributed by atoms with Crippen LogP contribution in [-0.2, 0) is 14.4 Å². The summed E-state index contributed by atoms with van der Waals surface area (Å²) in [5.74, 6) is -0.643. The van der Waals surface area contributed by atoms with E-state index in [1.807, 2.05) is 0 Å². The van der Waals surface area contributed by atoms with Crippen molar-refractivity contribution < 1.29 is 14.4 Å². The first kappa shape index (κ1) is 13.0. The molecule has 6 heteroatoms. The molecule has 0 aliphatic heterocycles. The molecule has 14 heavy (non-hydrogen) atoms. The Morgan fingerprint density at radius 1 is 1.29 bits per heavy atom. The average molecular weight is 218 g/mol. The van der Waals surface area contributed by atoms with Crippen molar-refractivity contribution in [3.8, 4) is 0 Å². The Labute approximate surface area is 88.0 Å². The molecule has 2 N–H and O–H groups in total. The number of hydrogen-bond donors (Lipinski definition) is 3. The normalized spacial score (nSPS) is 11.6. The van der Waals surface area contributed by atoms with Crippen molar-refractivity contribution >= 4 is 30.2 Å². The van der Waals surface area contributed by atoms with Crippen molar-refractivity contribution in [1.29, 1.82) is 0 Å². The van der Waals surface area contributed by atoms with Crippen LogP contribution in [0.15, 0.2) is 0 Å².